The van der Waals surface area contributed by atoms with E-state index in [2.05, 4.69) is 0 Å². The summed E-state index contributed by atoms with van der Waals surface area (Å²) in [5.74, 6) is 0.621. The topological polar surface area (TPSA) is 81.1 Å². The van der Waals surface area contributed by atoms with Gasteiger partial charge in [-0.1, -0.05) is 64.2 Å². The molecular weight excluding hydrogens is 392 g/mol. The van der Waals surface area contributed by atoms with Crippen molar-refractivity contribution in [3.05, 3.63) is 0 Å². The van der Waals surface area contributed by atoms with Crippen molar-refractivity contribution in [3.8, 4) is 0 Å². The van der Waals surface area contributed by atoms with E-state index in [0.29, 0.717) is 19.4 Å². The number of nitrogens with zero attached hydrogens (tertiary/aromatic N) is 2. The average molecular weight is 439 g/mol. The molecule has 3 unspecified atom stereocenters. The van der Waals surface area contributed by atoms with Gasteiger partial charge in [-0.25, -0.2) is 4.79 Å². The number of rotatable bonds is 14. The van der Waals surface area contributed by atoms with E-state index in [1.54, 1.807) is 11.9 Å². The van der Waals surface area contributed by atoms with Gasteiger partial charge in [-0.2, -0.15) is 0 Å². The van der Waals surface area contributed by atoms with Crippen molar-refractivity contribution >= 4 is 11.9 Å². The third kappa shape index (κ3) is 8.72. The van der Waals surface area contributed by atoms with Crippen molar-refractivity contribution in [2.45, 2.75) is 128 Å². The Morgan fingerprint density at radius 1 is 1.00 bits per heavy atom. The zero-order chi connectivity index (χ0) is 22.9. The minimum absolute atomic E-state index is 0.110. The molecule has 0 bridgehead atoms. The van der Waals surface area contributed by atoms with Crippen LogP contribution in [-0.2, 0) is 4.79 Å². The van der Waals surface area contributed by atoms with Crippen LogP contribution in [0, 0.1) is 5.92 Å². The Morgan fingerprint density at radius 3 is 2.32 bits per heavy atom. The molecule has 2 rings (SSSR count). The number of hydrogen-bond donors (Lipinski definition) is 2. The van der Waals surface area contributed by atoms with Crippen molar-refractivity contribution in [3.63, 3.8) is 0 Å². The highest BCUT2D eigenvalue weighted by Crippen LogP contribution is 2.31. The van der Waals surface area contributed by atoms with Gasteiger partial charge in [0.1, 0.15) is 6.04 Å². The van der Waals surface area contributed by atoms with Gasteiger partial charge >= 0.3 is 6.03 Å². The van der Waals surface area contributed by atoms with Crippen LogP contribution in [0.4, 0.5) is 4.79 Å². The highest BCUT2D eigenvalue weighted by atomic mass is 16.3. The maximum absolute atomic E-state index is 12.6. The molecule has 3 amide bonds. The highest BCUT2D eigenvalue weighted by Gasteiger charge is 2.42. The SMILES string of the molecule is CC(O)CCCCCCCC1C(=O)N(C)C(=O)N1CCC(C)(O)CCC1CCCCC1. The summed E-state index contributed by atoms with van der Waals surface area (Å²) in [7, 11) is 1.56. The predicted octanol–water partition coefficient (Wildman–Crippen LogP) is 4.86. The van der Waals surface area contributed by atoms with Gasteiger partial charge in [0, 0.05) is 13.6 Å². The number of carbonyl (C=O) groups excluding carboxylic acids is 2. The molecule has 31 heavy (non-hydrogen) atoms. The van der Waals surface area contributed by atoms with Gasteiger partial charge in [0.25, 0.3) is 5.91 Å². The van der Waals surface area contributed by atoms with Gasteiger partial charge in [-0.15, -0.1) is 0 Å². The van der Waals surface area contributed by atoms with Crippen LogP contribution in [0.1, 0.15) is 110 Å². The lowest BCUT2D eigenvalue weighted by atomic mass is 9.82. The van der Waals surface area contributed by atoms with E-state index in [4.69, 9.17) is 0 Å². The van der Waals surface area contributed by atoms with E-state index in [1.165, 1.54) is 37.0 Å². The Hall–Kier alpha value is -1.14. The number of carbonyl (C=O) groups is 2. The molecule has 1 heterocycles. The maximum atomic E-state index is 12.6. The largest absolute Gasteiger partial charge is 0.393 e. The van der Waals surface area contributed by atoms with Crippen LogP contribution in [0.25, 0.3) is 0 Å². The number of imide groups is 1. The van der Waals surface area contributed by atoms with Crippen LogP contribution in [0.15, 0.2) is 0 Å². The second-order valence-corrected chi connectivity index (χ2v) is 10.4. The number of aliphatic hydroxyl groups excluding tert-OH is 1. The maximum Gasteiger partial charge on any atom is 0.327 e. The van der Waals surface area contributed by atoms with Gasteiger partial charge < -0.3 is 15.1 Å². The molecule has 3 atom stereocenters. The Kier molecular flexibility index (Phi) is 10.8. The molecule has 1 aliphatic heterocycles. The van der Waals surface area contributed by atoms with Crippen LogP contribution in [0.5, 0.6) is 0 Å². The molecule has 0 spiro atoms. The van der Waals surface area contributed by atoms with E-state index >= 15 is 0 Å². The monoisotopic (exact) mass is 438 g/mol. The quantitative estimate of drug-likeness (QED) is 0.300. The summed E-state index contributed by atoms with van der Waals surface area (Å²) in [6.45, 7) is 4.14. The predicted molar refractivity (Wildman–Crippen MR) is 124 cm³/mol. The van der Waals surface area contributed by atoms with Gasteiger partial charge in [0.15, 0.2) is 0 Å². The van der Waals surface area contributed by atoms with Crippen molar-refractivity contribution in [1.82, 2.24) is 9.80 Å². The summed E-state index contributed by atoms with van der Waals surface area (Å²) >= 11 is 0. The number of likely N-dealkylation sites (N-methyl/N-ethyl adjacent to an activating group) is 1. The van der Waals surface area contributed by atoms with Crippen molar-refractivity contribution in [2.75, 3.05) is 13.6 Å². The van der Waals surface area contributed by atoms with Crippen molar-refractivity contribution in [1.29, 1.82) is 0 Å². The summed E-state index contributed by atoms with van der Waals surface area (Å²) in [5.41, 5.74) is -0.795. The Morgan fingerprint density at radius 2 is 1.65 bits per heavy atom. The molecule has 180 valence electrons. The number of amides is 3. The Labute approximate surface area is 189 Å². The Balaban J connectivity index is 1.75. The normalized spacial score (nSPS) is 23.5. The van der Waals surface area contributed by atoms with Gasteiger partial charge in [0.2, 0.25) is 0 Å². The van der Waals surface area contributed by atoms with E-state index in [0.717, 1.165) is 57.3 Å². The van der Waals surface area contributed by atoms with Gasteiger partial charge in [0.05, 0.1) is 11.7 Å². The molecular formula is C25H46N2O4. The average Bonchev–Trinajstić information content (AvgIpc) is 2.94. The van der Waals surface area contributed by atoms with Crippen LogP contribution in [0.2, 0.25) is 0 Å². The molecule has 0 radical (unpaired) electrons. The zero-order valence-corrected chi connectivity index (χ0v) is 20.2. The molecule has 1 saturated heterocycles. The molecule has 2 fully saturated rings. The third-order valence-corrected chi connectivity index (χ3v) is 7.33. The molecule has 0 aromatic rings. The Bertz CT molecular complexity index is 558. The number of urea groups is 1. The first-order chi connectivity index (χ1) is 14.7. The van der Waals surface area contributed by atoms with E-state index in [1.807, 2.05) is 13.8 Å². The first-order valence-electron chi connectivity index (χ1n) is 12.7. The molecule has 2 aliphatic rings. The van der Waals surface area contributed by atoms with Crippen LogP contribution >= 0.6 is 0 Å². The molecule has 6 heteroatoms. The summed E-state index contributed by atoms with van der Waals surface area (Å²) in [4.78, 5) is 28.1. The molecule has 1 aliphatic carbocycles. The smallest absolute Gasteiger partial charge is 0.327 e. The lowest BCUT2D eigenvalue weighted by Gasteiger charge is -2.30. The lowest BCUT2D eigenvalue weighted by molar-refractivity contribution is -0.127. The lowest BCUT2D eigenvalue weighted by Crippen LogP contribution is -2.39. The standard InChI is InChI=1S/C25H46N2O4/c1-20(28)12-8-5-4-6-11-15-22-23(29)26(3)24(30)27(22)19-18-25(2,31)17-16-21-13-9-7-10-14-21/h20-22,28,31H,4-19H2,1-3H3. The fourth-order valence-electron chi connectivity index (χ4n) is 5.09. The van der Waals surface area contributed by atoms with Crippen LogP contribution in [0.3, 0.4) is 0 Å². The van der Waals surface area contributed by atoms with E-state index < -0.39 is 5.60 Å². The van der Waals surface area contributed by atoms with Crippen LogP contribution in [-0.4, -0.2) is 63.3 Å². The number of hydrogen-bond acceptors (Lipinski definition) is 4. The molecule has 1 saturated carbocycles. The summed E-state index contributed by atoms with van der Waals surface area (Å²) in [5, 5.41) is 20.2. The third-order valence-electron chi connectivity index (χ3n) is 7.33. The summed E-state index contributed by atoms with van der Waals surface area (Å²) in [6, 6.07) is -0.612. The van der Waals surface area contributed by atoms with E-state index in [-0.39, 0.29) is 24.1 Å². The first-order valence-corrected chi connectivity index (χ1v) is 12.7. The minimum atomic E-state index is -0.795. The highest BCUT2D eigenvalue weighted by molar-refractivity contribution is 6.03. The fourth-order valence-corrected chi connectivity index (χ4v) is 5.09. The molecule has 0 aromatic heterocycles. The molecule has 2 N–H and O–H groups in total. The van der Waals surface area contributed by atoms with Crippen LogP contribution < -0.4 is 0 Å². The van der Waals surface area contributed by atoms with Crippen molar-refractivity contribution in [2.24, 2.45) is 5.92 Å². The second-order valence-electron chi connectivity index (χ2n) is 10.4. The van der Waals surface area contributed by atoms with Gasteiger partial charge in [-0.05, 0) is 51.9 Å². The number of aliphatic hydroxyl groups is 2. The zero-order valence-electron chi connectivity index (χ0n) is 20.2. The molecule has 0 aromatic carbocycles. The molecule has 6 nitrogen and oxygen atoms in total. The van der Waals surface area contributed by atoms with E-state index in [9.17, 15) is 19.8 Å². The summed E-state index contributed by atoms with van der Waals surface area (Å²) in [6.07, 6.45) is 15.3. The fraction of sp³-hybridized carbons (Fsp3) is 0.920. The number of unbranched alkanes of at least 4 members (excludes halogenated alkanes) is 4. The summed E-state index contributed by atoms with van der Waals surface area (Å²) < 4.78 is 0. The minimum Gasteiger partial charge on any atom is -0.393 e. The first kappa shape index (κ1) is 26.1. The van der Waals surface area contributed by atoms with Gasteiger partial charge in [-0.3, -0.25) is 9.69 Å². The van der Waals surface area contributed by atoms with Crippen molar-refractivity contribution < 1.29 is 19.8 Å². The second kappa shape index (κ2) is 12.8.